The maximum absolute atomic E-state index is 11.2. The van der Waals surface area contributed by atoms with Crippen molar-refractivity contribution in [1.82, 2.24) is 4.90 Å². The molecule has 0 bridgehead atoms. The Morgan fingerprint density at radius 3 is 2.76 bits per heavy atom. The summed E-state index contributed by atoms with van der Waals surface area (Å²) in [4.78, 5) is 13.1. The molecule has 0 N–H and O–H groups in total. The van der Waals surface area contributed by atoms with Crippen LogP contribution in [0.1, 0.15) is 32.6 Å². The van der Waals surface area contributed by atoms with Gasteiger partial charge in [-0.3, -0.25) is 9.69 Å². The Hall–Kier alpha value is -1.08. The third kappa shape index (κ3) is 4.74. The number of nitriles is 1. The average Bonchev–Trinajstić information content (AvgIpc) is 2.32. The zero-order chi connectivity index (χ0) is 12.7. The molecule has 2 atom stereocenters. The topological polar surface area (TPSA) is 53.3 Å². The Morgan fingerprint density at radius 1 is 1.47 bits per heavy atom. The highest BCUT2D eigenvalue weighted by atomic mass is 16.5. The maximum Gasteiger partial charge on any atom is 0.319 e. The fourth-order valence-electron chi connectivity index (χ4n) is 2.53. The first-order valence-electron chi connectivity index (χ1n) is 6.33. The highest BCUT2D eigenvalue weighted by molar-refractivity contribution is 5.71. The molecule has 0 unspecified atom stereocenters. The molecule has 0 spiro atoms. The summed E-state index contributed by atoms with van der Waals surface area (Å²) < 4.78 is 4.65. The van der Waals surface area contributed by atoms with Crippen molar-refractivity contribution in [2.75, 3.05) is 26.7 Å². The molecule has 17 heavy (non-hydrogen) atoms. The van der Waals surface area contributed by atoms with Crippen LogP contribution < -0.4 is 0 Å². The van der Waals surface area contributed by atoms with Gasteiger partial charge in [0.05, 0.1) is 26.3 Å². The van der Waals surface area contributed by atoms with Gasteiger partial charge in [-0.1, -0.05) is 26.2 Å². The second-order valence-electron chi connectivity index (χ2n) is 4.93. The summed E-state index contributed by atoms with van der Waals surface area (Å²) in [5.74, 6) is 1.05. The lowest BCUT2D eigenvalue weighted by Crippen LogP contribution is -2.37. The summed E-state index contributed by atoms with van der Waals surface area (Å²) in [5, 5.41) is 8.77. The molecular weight excluding hydrogens is 216 g/mol. The Labute approximate surface area is 104 Å². The van der Waals surface area contributed by atoms with Crippen molar-refractivity contribution >= 4 is 5.97 Å². The van der Waals surface area contributed by atoms with Gasteiger partial charge in [0.15, 0.2) is 0 Å². The van der Waals surface area contributed by atoms with Crippen molar-refractivity contribution in [3.05, 3.63) is 0 Å². The highest BCUT2D eigenvalue weighted by Crippen LogP contribution is 2.30. The minimum absolute atomic E-state index is 0.229. The number of ether oxygens (including phenoxy) is 1. The molecule has 0 aromatic rings. The molecule has 0 aliphatic heterocycles. The highest BCUT2D eigenvalue weighted by Gasteiger charge is 2.24. The zero-order valence-corrected chi connectivity index (χ0v) is 10.8. The fourth-order valence-corrected chi connectivity index (χ4v) is 2.53. The quantitative estimate of drug-likeness (QED) is 0.541. The first-order valence-corrected chi connectivity index (χ1v) is 6.33. The van der Waals surface area contributed by atoms with Crippen molar-refractivity contribution in [3.8, 4) is 6.07 Å². The van der Waals surface area contributed by atoms with Crippen molar-refractivity contribution in [2.24, 2.45) is 11.8 Å². The number of carbonyl (C=O) groups excluding carboxylic acids is 1. The van der Waals surface area contributed by atoms with E-state index < -0.39 is 0 Å². The van der Waals surface area contributed by atoms with Gasteiger partial charge in [-0.05, 0) is 18.3 Å². The van der Waals surface area contributed by atoms with E-state index in [-0.39, 0.29) is 12.5 Å². The molecule has 0 amide bonds. The van der Waals surface area contributed by atoms with Gasteiger partial charge in [-0.15, -0.1) is 0 Å². The number of methoxy groups -OCH3 is 1. The molecule has 1 aliphatic rings. The molecular formula is C13H22N2O2. The van der Waals surface area contributed by atoms with Crippen molar-refractivity contribution in [2.45, 2.75) is 32.6 Å². The van der Waals surface area contributed by atoms with Gasteiger partial charge in [-0.2, -0.15) is 5.26 Å². The van der Waals surface area contributed by atoms with Crippen molar-refractivity contribution < 1.29 is 9.53 Å². The second-order valence-corrected chi connectivity index (χ2v) is 4.93. The fraction of sp³-hybridized carbons (Fsp3) is 0.846. The number of rotatable bonds is 5. The number of hydrogen-bond donors (Lipinski definition) is 0. The van der Waals surface area contributed by atoms with Crippen LogP contribution in [0.2, 0.25) is 0 Å². The minimum Gasteiger partial charge on any atom is -0.468 e. The third-order valence-corrected chi connectivity index (χ3v) is 3.66. The third-order valence-electron chi connectivity index (χ3n) is 3.66. The average molecular weight is 238 g/mol. The Kier molecular flexibility index (Phi) is 5.99. The minimum atomic E-state index is -0.260. The number of esters is 1. The van der Waals surface area contributed by atoms with Crippen LogP contribution in [0.15, 0.2) is 0 Å². The largest absolute Gasteiger partial charge is 0.468 e. The van der Waals surface area contributed by atoms with E-state index in [1.807, 2.05) is 4.90 Å². The number of nitrogens with zero attached hydrogens (tertiary/aromatic N) is 2. The Bertz CT molecular complexity index is 286. The normalized spacial score (nSPS) is 24.4. The SMILES string of the molecule is COC(=O)CN(CC#N)C[C@@H]1CCCC[C@H]1C. The summed E-state index contributed by atoms with van der Waals surface area (Å²) in [5.41, 5.74) is 0. The van der Waals surface area contributed by atoms with Gasteiger partial charge < -0.3 is 4.74 Å². The summed E-state index contributed by atoms with van der Waals surface area (Å²) in [6.45, 7) is 3.64. The van der Waals surface area contributed by atoms with Crippen LogP contribution in [-0.2, 0) is 9.53 Å². The van der Waals surface area contributed by atoms with Crippen LogP contribution in [0.25, 0.3) is 0 Å². The van der Waals surface area contributed by atoms with Crippen LogP contribution in [-0.4, -0.2) is 37.6 Å². The summed E-state index contributed by atoms with van der Waals surface area (Å²) in [6.07, 6.45) is 5.06. The molecule has 0 saturated heterocycles. The predicted octanol–water partition coefficient (Wildman–Crippen LogP) is 1.81. The van der Waals surface area contributed by atoms with E-state index in [9.17, 15) is 4.79 Å². The second kappa shape index (κ2) is 7.29. The first-order chi connectivity index (χ1) is 8.17. The van der Waals surface area contributed by atoms with Gasteiger partial charge >= 0.3 is 5.97 Å². The van der Waals surface area contributed by atoms with Crippen molar-refractivity contribution in [1.29, 1.82) is 5.26 Å². The molecule has 1 fully saturated rings. The van der Waals surface area contributed by atoms with Crippen LogP contribution >= 0.6 is 0 Å². The molecule has 4 heteroatoms. The number of hydrogen-bond acceptors (Lipinski definition) is 4. The summed E-state index contributed by atoms with van der Waals surface area (Å²) in [6, 6.07) is 2.12. The van der Waals surface area contributed by atoms with E-state index in [2.05, 4.69) is 17.7 Å². The van der Waals surface area contributed by atoms with Gasteiger partial charge in [-0.25, -0.2) is 0 Å². The van der Waals surface area contributed by atoms with E-state index in [4.69, 9.17) is 5.26 Å². The van der Waals surface area contributed by atoms with Crippen LogP contribution in [0.3, 0.4) is 0 Å². The molecule has 0 aromatic heterocycles. The van der Waals surface area contributed by atoms with Crippen molar-refractivity contribution in [3.63, 3.8) is 0 Å². The van der Waals surface area contributed by atoms with Crippen LogP contribution in [0, 0.1) is 23.2 Å². The molecule has 0 aromatic carbocycles. The van der Waals surface area contributed by atoms with Gasteiger partial charge in [0, 0.05) is 6.54 Å². The summed E-state index contributed by atoms with van der Waals surface area (Å²) >= 11 is 0. The van der Waals surface area contributed by atoms with Gasteiger partial charge in [0.25, 0.3) is 0 Å². The van der Waals surface area contributed by atoms with E-state index in [1.165, 1.54) is 32.8 Å². The first kappa shape index (κ1) is 14.0. The lowest BCUT2D eigenvalue weighted by atomic mass is 9.80. The molecule has 1 saturated carbocycles. The molecule has 1 rings (SSSR count). The van der Waals surface area contributed by atoms with E-state index >= 15 is 0 Å². The smallest absolute Gasteiger partial charge is 0.319 e. The standard InChI is InChI=1S/C13H22N2O2/c1-11-5-3-4-6-12(11)9-15(8-7-14)10-13(16)17-2/h11-12H,3-6,8-10H2,1-2H3/t11-,12+/m1/s1. The molecule has 96 valence electrons. The molecule has 0 radical (unpaired) electrons. The van der Waals surface area contributed by atoms with Gasteiger partial charge in [0.1, 0.15) is 0 Å². The molecule has 0 heterocycles. The number of carbonyl (C=O) groups is 1. The van der Waals surface area contributed by atoms with E-state index in [0.29, 0.717) is 18.4 Å². The van der Waals surface area contributed by atoms with E-state index in [0.717, 1.165) is 6.54 Å². The summed E-state index contributed by atoms with van der Waals surface area (Å²) in [7, 11) is 1.39. The lowest BCUT2D eigenvalue weighted by molar-refractivity contribution is -0.142. The molecule has 4 nitrogen and oxygen atoms in total. The monoisotopic (exact) mass is 238 g/mol. The lowest BCUT2D eigenvalue weighted by Gasteiger charge is -2.32. The zero-order valence-electron chi connectivity index (χ0n) is 10.8. The Balaban J connectivity index is 2.47. The maximum atomic E-state index is 11.2. The predicted molar refractivity (Wildman–Crippen MR) is 65.2 cm³/mol. The van der Waals surface area contributed by atoms with Gasteiger partial charge in [0.2, 0.25) is 0 Å². The Morgan fingerprint density at radius 2 is 2.18 bits per heavy atom. The van der Waals surface area contributed by atoms with Crippen LogP contribution in [0.5, 0.6) is 0 Å². The van der Waals surface area contributed by atoms with E-state index in [1.54, 1.807) is 0 Å². The molecule has 1 aliphatic carbocycles. The van der Waals surface area contributed by atoms with Crippen LogP contribution in [0.4, 0.5) is 0 Å².